The molecule has 0 aromatic heterocycles. The molecular weight excluding hydrogens is 234 g/mol. The van der Waals surface area contributed by atoms with Crippen LogP contribution in [-0.4, -0.2) is 12.6 Å². The standard InChI is InChI=1S/C17H23NO/c1-5-18-13(4)15-11-10-14-8-6-7-9-16(14)17(15)19-12(2)3/h6-13,18H,5H2,1-4H3. The first kappa shape index (κ1) is 13.9. The van der Waals surface area contributed by atoms with E-state index in [4.69, 9.17) is 4.74 Å². The van der Waals surface area contributed by atoms with Crippen LogP contribution in [0.2, 0.25) is 0 Å². The lowest BCUT2D eigenvalue weighted by Crippen LogP contribution is -2.19. The van der Waals surface area contributed by atoms with E-state index in [1.54, 1.807) is 0 Å². The highest BCUT2D eigenvalue weighted by molar-refractivity contribution is 5.89. The van der Waals surface area contributed by atoms with Crippen molar-refractivity contribution >= 4 is 10.8 Å². The van der Waals surface area contributed by atoms with Gasteiger partial charge in [0.25, 0.3) is 0 Å². The van der Waals surface area contributed by atoms with Gasteiger partial charge in [0, 0.05) is 17.0 Å². The molecule has 0 fully saturated rings. The molecule has 2 rings (SSSR count). The third-order valence-electron chi connectivity index (χ3n) is 3.24. The number of hydrogen-bond donors (Lipinski definition) is 1. The van der Waals surface area contributed by atoms with Crippen molar-refractivity contribution in [2.24, 2.45) is 0 Å². The molecule has 0 heterocycles. The molecule has 0 amide bonds. The number of rotatable bonds is 5. The molecular formula is C17H23NO. The van der Waals surface area contributed by atoms with Gasteiger partial charge < -0.3 is 10.1 Å². The summed E-state index contributed by atoms with van der Waals surface area (Å²) in [6.45, 7) is 9.41. The van der Waals surface area contributed by atoms with E-state index in [1.807, 2.05) is 0 Å². The van der Waals surface area contributed by atoms with Crippen LogP contribution in [0.25, 0.3) is 10.8 Å². The summed E-state index contributed by atoms with van der Waals surface area (Å²) < 4.78 is 6.09. The fourth-order valence-corrected chi connectivity index (χ4v) is 2.38. The summed E-state index contributed by atoms with van der Waals surface area (Å²) in [5, 5.41) is 5.88. The van der Waals surface area contributed by atoms with Crippen LogP contribution in [-0.2, 0) is 0 Å². The van der Waals surface area contributed by atoms with Gasteiger partial charge in [0.1, 0.15) is 5.75 Å². The second kappa shape index (κ2) is 6.07. The highest BCUT2D eigenvalue weighted by atomic mass is 16.5. The van der Waals surface area contributed by atoms with E-state index < -0.39 is 0 Å². The molecule has 0 aliphatic heterocycles. The van der Waals surface area contributed by atoms with Gasteiger partial charge in [-0.05, 0) is 32.7 Å². The Morgan fingerprint density at radius 1 is 1.05 bits per heavy atom. The molecule has 0 radical (unpaired) electrons. The highest BCUT2D eigenvalue weighted by Crippen LogP contribution is 2.34. The second-order valence-corrected chi connectivity index (χ2v) is 5.15. The molecule has 2 heteroatoms. The molecule has 2 nitrogen and oxygen atoms in total. The van der Waals surface area contributed by atoms with Gasteiger partial charge in [0.15, 0.2) is 0 Å². The van der Waals surface area contributed by atoms with Gasteiger partial charge in [-0.2, -0.15) is 0 Å². The molecule has 0 saturated heterocycles. The topological polar surface area (TPSA) is 21.3 Å². The summed E-state index contributed by atoms with van der Waals surface area (Å²) in [4.78, 5) is 0. The van der Waals surface area contributed by atoms with E-state index >= 15 is 0 Å². The predicted molar refractivity (Wildman–Crippen MR) is 81.8 cm³/mol. The number of benzene rings is 2. The van der Waals surface area contributed by atoms with E-state index in [-0.39, 0.29) is 6.10 Å². The lowest BCUT2D eigenvalue weighted by molar-refractivity contribution is 0.241. The largest absolute Gasteiger partial charge is 0.490 e. The molecule has 1 atom stereocenters. The second-order valence-electron chi connectivity index (χ2n) is 5.15. The molecule has 0 bridgehead atoms. The molecule has 0 spiro atoms. The first-order chi connectivity index (χ1) is 9.13. The number of fused-ring (bicyclic) bond motifs is 1. The Bertz CT molecular complexity index is 548. The van der Waals surface area contributed by atoms with Crippen LogP contribution in [0.3, 0.4) is 0 Å². The SMILES string of the molecule is CCNC(C)c1ccc2ccccc2c1OC(C)C. The fourth-order valence-electron chi connectivity index (χ4n) is 2.38. The van der Waals surface area contributed by atoms with Crippen LogP contribution in [0.15, 0.2) is 36.4 Å². The van der Waals surface area contributed by atoms with Gasteiger partial charge in [0.05, 0.1) is 6.10 Å². The predicted octanol–water partition coefficient (Wildman–Crippen LogP) is 4.30. The van der Waals surface area contributed by atoms with E-state index in [1.165, 1.54) is 16.3 Å². The summed E-state index contributed by atoms with van der Waals surface area (Å²) in [5.41, 5.74) is 1.23. The molecule has 0 saturated carbocycles. The quantitative estimate of drug-likeness (QED) is 0.862. The lowest BCUT2D eigenvalue weighted by Gasteiger charge is -2.21. The fraction of sp³-hybridized carbons (Fsp3) is 0.412. The zero-order chi connectivity index (χ0) is 13.8. The van der Waals surface area contributed by atoms with Crippen molar-refractivity contribution in [2.75, 3.05) is 6.54 Å². The zero-order valence-electron chi connectivity index (χ0n) is 12.2. The Morgan fingerprint density at radius 2 is 1.79 bits per heavy atom. The van der Waals surface area contributed by atoms with Crippen molar-refractivity contribution in [3.8, 4) is 5.75 Å². The van der Waals surface area contributed by atoms with Crippen molar-refractivity contribution < 1.29 is 4.74 Å². The van der Waals surface area contributed by atoms with E-state index in [0.717, 1.165) is 12.3 Å². The molecule has 102 valence electrons. The maximum absolute atomic E-state index is 6.09. The van der Waals surface area contributed by atoms with Gasteiger partial charge in [0.2, 0.25) is 0 Å². The molecule has 2 aromatic carbocycles. The minimum atomic E-state index is 0.179. The van der Waals surface area contributed by atoms with Gasteiger partial charge in [-0.1, -0.05) is 43.3 Å². The van der Waals surface area contributed by atoms with Crippen LogP contribution in [0.4, 0.5) is 0 Å². The molecule has 2 aromatic rings. The normalized spacial score (nSPS) is 12.9. The molecule has 19 heavy (non-hydrogen) atoms. The molecule has 1 N–H and O–H groups in total. The first-order valence-electron chi connectivity index (χ1n) is 7.05. The Hall–Kier alpha value is -1.54. The average Bonchev–Trinajstić information content (AvgIpc) is 2.38. The average molecular weight is 257 g/mol. The van der Waals surface area contributed by atoms with Crippen molar-refractivity contribution in [1.82, 2.24) is 5.32 Å². The molecule has 1 unspecified atom stereocenters. The van der Waals surface area contributed by atoms with Crippen molar-refractivity contribution in [3.63, 3.8) is 0 Å². The van der Waals surface area contributed by atoms with Crippen LogP contribution in [0.5, 0.6) is 5.75 Å². The summed E-state index contributed by atoms with van der Waals surface area (Å²) in [5.74, 6) is 1.02. The summed E-state index contributed by atoms with van der Waals surface area (Å²) in [7, 11) is 0. The van der Waals surface area contributed by atoms with Crippen LogP contribution in [0.1, 0.15) is 39.3 Å². The van der Waals surface area contributed by atoms with Crippen molar-refractivity contribution in [2.45, 2.75) is 39.8 Å². The van der Waals surface area contributed by atoms with E-state index in [2.05, 4.69) is 69.4 Å². The maximum Gasteiger partial charge on any atom is 0.132 e. The highest BCUT2D eigenvalue weighted by Gasteiger charge is 2.15. The maximum atomic E-state index is 6.09. The van der Waals surface area contributed by atoms with Gasteiger partial charge in [-0.25, -0.2) is 0 Å². The van der Waals surface area contributed by atoms with Gasteiger partial charge in [-0.3, -0.25) is 0 Å². The number of nitrogens with one attached hydrogen (secondary N) is 1. The van der Waals surface area contributed by atoms with E-state index in [0.29, 0.717) is 6.04 Å². The summed E-state index contributed by atoms with van der Waals surface area (Å²) in [6.07, 6.45) is 0.179. The molecule has 0 aliphatic rings. The summed E-state index contributed by atoms with van der Waals surface area (Å²) >= 11 is 0. The van der Waals surface area contributed by atoms with E-state index in [9.17, 15) is 0 Å². The minimum absolute atomic E-state index is 0.179. The van der Waals surface area contributed by atoms with Gasteiger partial charge in [-0.15, -0.1) is 0 Å². The van der Waals surface area contributed by atoms with Crippen molar-refractivity contribution in [3.05, 3.63) is 42.0 Å². The first-order valence-corrected chi connectivity index (χ1v) is 7.05. The molecule has 0 aliphatic carbocycles. The number of hydrogen-bond acceptors (Lipinski definition) is 2. The monoisotopic (exact) mass is 257 g/mol. The van der Waals surface area contributed by atoms with Crippen LogP contribution in [0, 0.1) is 0 Å². The Kier molecular flexibility index (Phi) is 4.43. The smallest absolute Gasteiger partial charge is 0.132 e. The third-order valence-corrected chi connectivity index (χ3v) is 3.24. The number of ether oxygens (including phenoxy) is 1. The van der Waals surface area contributed by atoms with Crippen molar-refractivity contribution in [1.29, 1.82) is 0 Å². The zero-order valence-corrected chi connectivity index (χ0v) is 12.2. The van der Waals surface area contributed by atoms with Crippen LogP contribution >= 0.6 is 0 Å². The third kappa shape index (κ3) is 3.07. The Morgan fingerprint density at radius 3 is 2.47 bits per heavy atom. The van der Waals surface area contributed by atoms with Gasteiger partial charge >= 0.3 is 0 Å². The van der Waals surface area contributed by atoms with Crippen LogP contribution < -0.4 is 10.1 Å². The summed E-state index contributed by atoms with van der Waals surface area (Å²) in [6, 6.07) is 13.0. The lowest BCUT2D eigenvalue weighted by atomic mass is 10.0. The Labute approximate surface area is 115 Å². The minimum Gasteiger partial charge on any atom is -0.490 e. The Balaban J connectivity index is 2.55.